The fraction of sp³-hybridized carbons (Fsp3) is 0.375. The van der Waals surface area contributed by atoms with Gasteiger partial charge in [-0.1, -0.05) is 36.4 Å². The van der Waals surface area contributed by atoms with Crippen LogP contribution in [0.2, 0.25) is 0 Å². The Kier molecular flexibility index (Phi) is 3.69. The Bertz CT molecular complexity index is 533. The van der Waals surface area contributed by atoms with Gasteiger partial charge in [-0.2, -0.15) is 0 Å². The van der Waals surface area contributed by atoms with E-state index in [-0.39, 0.29) is 11.6 Å². The van der Waals surface area contributed by atoms with Crippen molar-refractivity contribution in [1.82, 2.24) is 5.32 Å². The summed E-state index contributed by atoms with van der Waals surface area (Å²) >= 11 is 0. The summed E-state index contributed by atoms with van der Waals surface area (Å²) in [5.74, 6) is 0. The van der Waals surface area contributed by atoms with Gasteiger partial charge >= 0.3 is 0 Å². The first kappa shape index (κ1) is 13.1. The largest absolute Gasteiger partial charge is 0.377 e. The molecule has 0 radical (unpaired) electrons. The molecule has 96 valence electrons. The SMILES string of the molecule is CNC(c1ccc2ccccc2c1)C(C)(C)OC. The van der Waals surface area contributed by atoms with Gasteiger partial charge in [0.05, 0.1) is 11.6 Å². The van der Waals surface area contributed by atoms with Crippen molar-refractivity contribution in [1.29, 1.82) is 0 Å². The topological polar surface area (TPSA) is 21.3 Å². The van der Waals surface area contributed by atoms with Crippen molar-refractivity contribution in [3.63, 3.8) is 0 Å². The molecule has 2 heteroatoms. The van der Waals surface area contributed by atoms with Crippen LogP contribution in [0.1, 0.15) is 25.5 Å². The molecule has 0 saturated heterocycles. The van der Waals surface area contributed by atoms with Crippen LogP contribution in [0.25, 0.3) is 10.8 Å². The molecule has 0 bridgehead atoms. The maximum atomic E-state index is 5.59. The third-order valence-electron chi connectivity index (χ3n) is 3.62. The second kappa shape index (κ2) is 5.09. The molecule has 1 unspecified atom stereocenters. The summed E-state index contributed by atoms with van der Waals surface area (Å²) in [6, 6.07) is 15.2. The predicted octanol–water partition coefficient (Wildman–Crippen LogP) is 3.53. The molecular weight excluding hydrogens is 222 g/mol. The Morgan fingerprint density at radius 1 is 1.06 bits per heavy atom. The number of hydrogen-bond acceptors (Lipinski definition) is 2. The quantitative estimate of drug-likeness (QED) is 0.887. The number of ether oxygens (including phenoxy) is 1. The molecule has 0 aliphatic carbocycles. The van der Waals surface area contributed by atoms with Crippen LogP contribution in [0.3, 0.4) is 0 Å². The molecule has 0 aliphatic rings. The van der Waals surface area contributed by atoms with E-state index in [1.165, 1.54) is 16.3 Å². The van der Waals surface area contributed by atoms with E-state index in [9.17, 15) is 0 Å². The summed E-state index contributed by atoms with van der Waals surface area (Å²) in [4.78, 5) is 0. The minimum absolute atomic E-state index is 0.173. The minimum atomic E-state index is -0.239. The zero-order valence-electron chi connectivity index (χ0n) is 11.5. The Morgan fingerprint density at radius 3 is 2.33 bits per heavy atom. The van der Waals surface area contributed by atoms with Crippen LogP contribution in [0.5, 0.6) is 0 Å². The van der Waals surface area contributed by atoms with Gasteiger partial charge in [0.15, 0.2) is 0 Å². The molecule has 1 atom stereocenters. The third kappa shape index (κ3) is 2.40. The van der Waals surface area contributed by atoms with Crippen molar-refractivity contribution < 1.29 is 4.74 Å². The summed E-state index contributed by atoms with van der Waals surface area (Å²) in [5.41, 5.74) is 1.01. The molecule has 0 amide bonds. The molecule has 2 rings (SSSR count). The highest BCUT2D eigenvalue weighted by atomic mass is 16.5. The second-order valence-corrected chi connectivity index (χ2v) is 5.14. The van der Waals surface area contributed by atoms with E-state index in [1.54, 1.807) is 7.11 Å². The summed E-state index contributed by atoms with van der Waals surface area (Å²) in [6.45, 7) is 4.20. The Hall–Kier alpha value is -1.38. The number of rotatable bonds is 4. The van der Waals surface area contributed by atoms with E-state index < -0.39 is 0 Å². The highest BCUT2D eigenvalue weighted by Gasteiger charge is 2.29. The number of likely N-dealkylation sites (N-methyl/N-ethyl adjacent to an activating group) is 1. The highest BCUT2D eigenvalue weighted by molar-refractivity contribution is 5.83. The summed E-state index contributed by atoms with van der Waals surface area (Å²) in [6.07, 6.45) is 0. The lowest BCUT2D eigenvalue weighted by Crippen LogP contribution is -2.39. The van der Waals surface area contributed by atoms with Crippen LogP contribution < -0.4 is 5.32 Å². The van der Waals surface area contributed by atoms with Crippen molar-refractivity contribution in [2.75, 3.05) is 14.2 Å². The molecule has 1 N–H and O–H groups in total. The van der Waals surface area contributed by atoms with E-state index >= 15 is 0 Å². The van der Waals surface area contributed by atoms with Crippen molar-refractivity contribution in [3.8, 4) is 0 Å². The minimum Gasteiger partial charge on any atom is -0.377 e. The molecule has 0 saturated carbocycles. The molecule has 2 nitrogen and oxygen atoms in total. The normalized spacial score (nSPS) is 13.8. The Morgan fingerprint density at radius 2 is 1.72 bits per heavy atom. The fourth-order valence-corrected chi connectivity index (χ4v) is 2.42. The van der Waals surface area contributed by atoms with Crippen molar-refractivity contribution in [3.05, 3.63) is 48.0 Å². The lowest BCUT2D eigenvalue weighted by molar-refractivity contribution is -0.00895. The Labute approximate surface area is 109 Å². The van der Waals surface area contributed by atoms with Crippen molar-refractivity contribution >= 4 is 10.8 Å². The average molecular weight is 243 g/mol. The second-order valence-electron chi connectivity index (χ2n) is 5.14. The van der Waals surface area contributed by atoms with Crippen LogP contribution in [-0.4, -0.2) is 19.8 Å². The maximum absolute atomic E-state index is 5.59. The molecule has 0 spiro atoms. The van der Waals surface area contributed by atoms with Crippen molar-refractivity contribution in [2.45, 2.75) is 25.5 Å². The zero-order valence-corrected chi connectivity index (χ0v) is 11.5. The van der Waals surface area contributed by atoms with Gasteiger partial charge in [-0.15, -0.1) is 0 Å². The number of benzene rings is 2. The van der Waals surface area contributed by atoms with Gasteiger partial charge in [-0.25, -0.2) is 0 Å². The molecule has 0 aliphatic heterocycles. The first-order valence-corrected chi connectivity index (χ1v) is 6.29. The monoisotopic (exact) mass is 243 g/mol. The molecule has 2 aromatic carbocycles. The summed E-state index contributed by atoms with van der Waals surface area (Å²) < 4.78 is 5.59. The number of methoxy groups -OCH3 is 1. The van der Waals surface area contributed by atoms with E-state index in [2.05, 4.69) is 61.6 Å². The van der Waals surface area contributed by atoms with Crippen LogP contribution in [0, 0.1) is 0 Å². The molecule has 0 fully saturated rings. The van der Waals surface area contributed by atoms with E-state index in [0.717, 1.165) is 0 Å². The van der Waals surface area contributed by atoms with Crippen LogP contribution in [0.15, 0.2) is 42.5 Å². The first-order chi connectivity index (χ1) is 8.58. The standard InChI is InChI=1S/C16H21NO/c1-16(2,18-4)15(17-3)14-10-9-12-7-5-6-8-13(12)11-14/h5-11,15,17H,1-4H3. The number of hydrogen-bond donors (Lipinski definition) is 1. The predicted molar refractivity (Wildman–Crippen MR) is 76.8 cm³/mol. The van der Waals surface area contributed by atoms with Gasteiger partial charge in [-0.3, -0.25) is 0 Å². The lowest BCUT2D eigenvalue weighted by Gasteiger charge is -2.33. The third-order valence-corrected chi connectivity index (χ3v) is 3.62. The maximum Gasteiger partial charge on any atom is 0.0816 e. The lowest BCUT2D eigenvalue weighted by atomic mass is 9.90. The van der Waals surface area contributed by atoms with Gasteiger partial charge in [0.2, 0.25) is 0 Å². The van der Waals surface area contributed by atoms with Gasteiger partial charge in [0.1, 0.15) is 0 Å². The van der Waals surface area contributed by atoms with Gasteiger partial charge in [0.25, 0.3) is 0 Å². The zero-order chi connectivity index (χ0) is 13.2. The van der Waals surface area contributed by atoms with Gasteiger partial charge < -0.3 is 10.1 Å². The summed E-state index contributed by atoms with van der Waals surface area (Å²) in [5, 5.41) is 5.88. The van der Waals surface area contributed by atoms with Crippen molar-refractivity contribution in [2.24, 2.45) is 0 Å². The average Bonchev–Trinajstić information content (AvgIpc) is 2.39. The Balaban J connectivity index is 2.46. The van der Waals surface area contributed by atoms with Crippen LogP contribution >= 0.6 is 0 Å². The highest BCUT2D eigenvalue weighted by Crippen LogP contribution is 2.30. The van der Waals surface area contributed by atoms with Gasteiger partial charge in [-0.05, 0) is 43.3 Å². The molecule has 0 heterocycles. The van der Waals surface area contributed by atoms with E-state index in [4.69, 9.17) is 4.74 Å². The number of fused-ring (bicyclic) bond motifs is 1. The molecule has 2 aromatic rings. The fourth-order valence-electron chi connectivity index (χ4n) is 2.42. The molecule has 0 aromatic heterocycles. The molecular formula is C16H21NO. The van der Waals surface area contributed by atoms with E-state index in [0.29, 0.717) is 0 Å². The van der Waals surface area contributed by atoms with Crippen LogP contribution in [0.4, 0.5) is 0 Å². The smallest absolute Gasteiger partial charge is 0.0816 e. The van der Waals surface area contributed by atoms with Gasteiger partial charge in [0, 0.05) is 7.11 Å². The molecule has 18 heavy (non-hydrogen) atoms. The van der Waals surface area contributed by atoms with E-state index in [1.807, 2.05) is 7.05 Å². The van der Waals surface area contributed by atoms with Crippen LogP contribution in [-0.2, 0) is 4.74 Å². The summed E-state index contributed by atoms with van der Waals surface area (Å²) in [7, 11) is 3.73. The first-order valence-electron chi connectivity index (χ1n) is 6.29. The number of nitrogens with one attached hydrogen (secondary N) is 1.